The summed E-state index contributed by atoms with van der Waals surface area (Å²) in [7, 11) is 0. The Hall–Kier alpha value is -3.69. The number of fused-ring (bicyclic) bond motifs is 1. The summed E-state index contributed by atoms with van der Waals surface area (Å²) in [6.45, 7) is 6.66. The molecule has 42 heavy (non-hydrogen) atoms. The summed E-state index contributed by atoms with van der Waals surface area (Å²) in [4.78, 5) is 12.8. The van der Waals surface area contributed by atoms with Crippen molar-refractivity contribution in [1.82, 2.24) is 4.31 Å². The summed E-state index contributed by atoms with van der Waals surface area (Å²) in [6, 6.07) is 21.8. The van der Waals surface area contributed by atoms with Crippen molar-refractivity contribution < 1.29 is 32.2 Å². The van der Waals surface area contributed by atoms with Gasteiger partial charge in [-0.25, -0.2) is 4.31 Å². The third-order valence-electron chi connectivity index (χ3n) is 7.50. The number of ether oxygens (including phenoxy) is 1. The fourth-order valence-corrected chi connectivity index (χ4v) is 6.10. The number of hydrogen-bond acceptors (Lipinski definition) is 5. The molecule has 0 atom stereocenters. The number of benzene rings is 3. The van der Waals surface area contributed by atoms with Gasteiger partial charge < -0.3 is 14.3 Å². The van der Waals surface area contributed by atoms with Gasteiger partial charge in [0.05, 0.1) is 18.6 Å². The van der Waals surface area contributed by atoms with E-state index in [0.717, 1.165) is 57.4 Å². The Bertz CT molecular complexity index is 1580. The van der Waals surface area contributed by atoms with Crippen LogP contribution in [-0.4, -0.2) is 22.0 Å². The van der Waals surface area contributed by atoms with Crippen LogP contribution in [0.4, 0.5) is 13.2 Å². The van der Waals surface area contributed by atoms with Crippen molar-refractivity contribution >= 4 is 17.9 Å². The largest absolute Gasteiger partial charge is 0.493 e. The molecular formula is C33H32F3NO4S. The minimum absolute atomic E-state index is 0.165. The number of carbonyl (C=O) groups is 1. The lowest BCUT2D eigenvalue weighted by Gasteiger charge is -2.26. The van der Waals surface area contributed by atoms with Crippen LogP contribution in [0.3, 0.4) is 0 Å². The van der Waals surface area contributed by atoms with E-state index in [4.69, 9.17) is 9.15 Å². The van der Waals surface area contributed by atoms with Crippen molar-refractivity contribution in [3.8, 4) is 16.9 Å². The van der Waals surface area contributed by atoms with Crippen molar-refractivity contribution in [3.63, 3.8) is 0 Å². The normalized spacial score (nSPS) is 13.6. The first-order valence-electron chi connectivity index (χ1n) is 13.7. The van der Waals surface area contributed by atoms with Crippen LogP contribution in [0.15, 0.2) is 82.1 Å². The highest BCUT2D eigenvalue weighted by molar-refractivity contribution is 7.97. The van der Waals surface area contributed by atoms with Gasteiger partial charge in [-0.2, -0.15) is 13.2 Å². The second-order valence-corrected chi connectivity index (χ2v) is 12.1. The van der Waals surface area contributed by atoms with Gasteiger partial charge in [0.1, 0.15) is 11.5 Å². The number of hydrogen-bond donors (Lipinski definition) is 1. The predicted molar refractivity (Wildman–Crippen MR) is 156 cm³/mol. The summed E-state index contributed by atoms with van der Waals surface area (Å²) < 4.78 is 52.7. The van der Waals surface area contributed by atoms with Gasteiger partial charge in [0.2, 0.25) is 5.76 Å². The van der Waals surface area contributed by atoms with Gasteiger partial charge >= 0.3 is 12.1 Å². The van der Waals surface area contributed by atoms with Crippen molar-refractivity contribution in [2.75, 3.05) is 6.61 Å². The number of aryl methyl sites for hydroxylation is 1. The van der Waals surface area contributed by atoms with Crippen LogP contribution in [0.25, 0.3) is 11.1 Å². The van der Waals surface area contributed by atoms with Crippen LogP contribution in [0, 0.1) is 6.92 Å². The summed E-state index contributed by atoms with van der Waals surface area (Å²) in [5.74, 6) is -0.831. The van der Waals surface area contributed by atoms with Crippen molar-refractivity contribution in [2.24, 2.45) is 0 Å². The van der Waals surface area contributed by atoms with Gasteiger partial charge in [0, 0.05) is 17.0 Å². The molecule has 3 aromatic carbocycles. The molecule has 1 aliphatic rings. The van der Waals surface area contributed by atoms with E-state index in [0.29, 0.717) is 18.7 Å². The van der Waals surface area contributed by atoms with Crippen LogP contribution >= 0.6 is 11.9 Å². The monoisotopic (exact) mass is 595 g/mol. The molecule has 0 spiro atoms. The first-order chi connectivity index (χ1) is 19.9. The van der Waals surface area contributed by atoms with Crippen LogP contribution in [0.1, 0.15) is 54.0 Å². The average Bonchev–Trinajstić information content (AvgIpc) is 3.44. The van der Waals surface area contributed by atoms with E-state index < -0.39 is 23.3 Å². The Morgan fingerprint density at radius 2 is 1.74 bits per heavy atom. The lowest BCUT2D eigenvalue weighted by Crippen LogP contribution is -2.28. The third kappa shape index (κ3) is 6.52. The van der Waals surface area contributed by atoms with Crippen LogP contribution in [-0.2, 0) is 35.9 Å². The Balaban J connectivity index is 1.41. The first-order valence-corrected chi connectivity index (χ1v) is 14.5. The zero-order chi connectivity index (χ0) is 30.1. The van der Waals surface area contributed by atoms with E-state index >= 15 is 0 Å². The number of carboxylic acids is 1. The quantitative estimate of drug-likeness (QED) is 0.195. The van der Waals surface area contributed by atoms with E-state index in [1.165, 1.54) is 18.0 Å². The zero-order valence-electron chi connectivity index (χ0n) is 23.6. The van der Waals surface area contributed by atoms with Crippen LogP contribution in [0.2, 0.25) is 0 Å². The Labute approximate surface area is 247 Å². The summed E-state index contributed by atoms with van der Waals surface area (Å²) in [6.07, 6.45) is -2.77. The van der Waals surface area contributed by atoms with Gasteiger partial charge in [-0.3, -0.25) is 4.79 Å². The minimum Gasteiger partial charge on any atom is -0.493 e. The van der Waals surface area contributed by atoms with Crippen molar-refractivity contribution in [1.29, 1.82) is 0 Å². The molecule has 4 aromatic rings. The van der Waals surface area contributed by atoms with E-state index in [2.05, 4.69) is 0 Å². The standard InChI is InChI=1S/C33H32F3NO4S/c1-21-9-15-28-27(8-5-17-40-28)30(21)42-37(20-26-14-16-29(41-26)33(34,35)36)19-22-10-12-23(13-11-22)24-6-4-7-25(18-24)32(2,3)31(38)39/h4,6-7,9-16,18H,5,8,17,19-20H2,1-3H3,(H,38,39). The lowest BCUT2D eigenvalue weighted by atomic mass is 9.83. The average molecular weight is 596 g/mol. The maximum atomic E-state index is 13.2. The first kappa shape index (κ1) is 29.8. The minimum atomic E-state index is -4.55. The smallest absolute Gasteiger partial charge is 0.449 e. The van der Waals surface area contributed by atoms with Crippen LogP contribution < -0.4 is 4.74 Å². The molecule has 9 heteroatoms. The maximum absolute atomic E-state index is 13.2. The van der Waals surface area contributed by atoms with Gasteiger partial charge in [0.15, 0.2) is 0 Å². The molecule has 0 radical (unpaired) electrons. The molecule has 5 rings (SSSR count). The number of aliphatic carboxylic acids is 1. The Morgan fingerprint density at radius 3 is 2.43 bits per heavy atom. The lowest BCUT2D eigenvalue weighted by molar-refractivity contribution is -0.153. The molecule has 0 bridgehead atoms. The molecule has 0 saturated heterocycles. The second kappa shape index (κ2) is 11.9. The van der Waals surface area contributed by atoms with Crippen molar-refractivity contribution in [3.05, 3.63) is 107 Å². The molecule has 1 aromatic heterocycles. The summed E-state index contributed by atoms with van der Waals surface area (Å²) in [5.41, 5.74) is 4.69. The van der Waals surface area contributed by atoms with E-state index in [-0.39, 0.29) is 12.3 Å². The van der Waals surface area contributed by atoms with Gasteiger partial charge in [-0.1, -0.05) is 54.6 Å². The summed E-state index contributed by atoms with van der Waals surface area (Å²) >= 11 is 1.50. The topological polar surface area (TPSA) is 62.9 Å². The molecule has 0 saturated carbocycles. The molecule has 1 N–H and O–H groups in total. The number of halogens is 3. The highest BCUT2D eigenvalue weighted by Gasteiger charge is 2.35. The zero-order valence-corrected chi connectivity index (χ0v) is 24.4. The highest BCUT2D eigenvalue weighted by Crippen LogP contribution is 2.40. The molecule has 1 aliphatic heterocycles. The van der Waals surface area contributed by atoms with Gasteiger partial charge in [-0.05, 0) is 91.6 Å². The number of nitrogens with zero attached hydrogens (tertiary/aromatic N) is 1. The molecular weight excluding hydrogens is 563 g/mol. The number of alkyl halides is 3. The molecule has 0 aliphatic carbocycles. The Morgan fingerprint density at radius 1 is 0.976 bits per heavy atom. The number of rotatable bonds is 9. The van der Waals surface area contributed by atoms with Crippen LogP contribution in [0.5, 0.6) is 5.75 Å². The predicted octanol–water partition coefficient (Wildman–Crippen LogP) is 8.67. The fourth-order valence-electron chi connectivity index (χ4n) is 4.91. The number of carboxylic acid groups (broad SMARTS) is 1. The van der Waals surface area contributed by atoms with Crippen molar-refractivity contribution in [2.45, 2.75) is 63.2 Å². The maximum Gasteiger partial charge on any atom is 0.449 e. The second-order valence-electron chi connectivity index (χ2n) is 11.0. The third-order valence-corrected chi connectivity index (χ3v) is 8.77. The molecule has 2 heterocycles. The molecule has 0 fully saturated rings. The highest BCUT2D eigenvalue weighted by atomic mass is 32.2. The van der Waals surface area contributed by atoms with E-state index in [1.807, 2.05) is 71.9 Å². The van der Waals surface area contributed by atoms with E-state index in [1.54, 1.807) is 13.8 Å². The van der Waals surface area contributed by atoms with Gasteiger partial charge in [-0.15, -0.1) is 0 Å². The summed E-state index contributed by atoms with van der Waals surface area (Å²) in [5, 5.41) is 9.64. The Kier molecular flexibility index (Phi) is 8.44. The van der Waals surface area contributed by atoms with E-state index in [9.17, 15) is 23.1 Å². The fraction of sp³-hybridized carbons (Fsp3) is 0.303. The van der Waals surface area contributed by atoms with Gasteiger partial charge in [0.25, 0.3) is 0 Å². The SMILES string of the molecule is Cc1ccc2c(c1SN(Cc1ccc(-c3cccc(C(C)(C)C(=O)O)c3)cc1)Cc1ccc(C(F)(F)F)o1)CCCO2. The molecule has 5 nitrogen and oxygen atoms in total. The molecule has 0 unspecified atom stereocenters. The number of furan rings is 1. The molecule has 220 valence electrons. The molecule has 0 amide bonds.